The zero-order chi connectivity index (χ0) is 11.5. The standard InChI is InChI=1S/C11H9BrN2O2/c12-5-1-2-8-7-13-11-4-3-9(14(15)16)6-10(8)11/h1-4,6-7,13H,5H2. The number of H-pyrrole nitrogens is 1. The van der Waals surface area contributed by atoms with Crippen LogP contribution < -0.4 is 0 Å². The lowest BCUT2D eigenvalue weighted by molar-refractivity contribution is -0.384. The molecule has 0 amide bonds. The van der Waals surface area contributed by atoms with Gasteiger partial charge < -0.3 is 4.98 Å². The summed E-state index contributed by atoms with van der Waals surface area (Å²) in [6, 6.07) is 4.80. The number of rotatable bonds is 3. The Balaban J connectivity index is 2.55. The number of nitro groups is 1. The smallest absolute Gasteiger partial charge is 0.270 e. The Morgan fingerprint density at radius 3 is 3.00 bits per heavy atom. The predicted octanol–water partition coefficient (Wildman–Crippen LogP) is 3.48. The quantitative estimate of drug-likeness (QED) is 0.532. The number of nitrogens with one attached hydrogen (secondary N) is 1. The molecule has 0 aliphatic carbocycles. The number of nitro benzene ring substituents is 1. The highest BCUT2D eigenvalue weighted by Crippen LogP contribution is 2.24. The number of nitrogens with zero attached hydrogens (tertiary/aromatic N) is 1. The van der Waals surface area contributed by atoms with Crippen LogP contribution in [-0.2, 0) is 0 Å². The van der Waals surface area contributed by atoms with Gasteiger partial charge in [0.2, 0.25) is 0 Å². The topological polar surface area (TPSA) is 58.9 Å². The third kappa shape index (κ3) is 1.99. The molecule has 0 fully saturated rings. The third-order valence-electron chi connectivity index (χ3n) is 2.29. The van der Waals surface area contributed by atoms with Gasteiger partial charge in [-0.15, -0.1) is 0 Å². The van der Waals surface area contributed by atoms with Crippen molar-refractivity contribution in [3.63, 3.8) is 0 Å². The molecule has 0 saturated carbocycles. The maximum absolute atomic E-state index is 10.7. The summed E-state index contributed by atoms with van der Waals surface area (Å²) in [7, 11) is 0. The Bertz CT molecular complexity index is 560. The highest BCUT2D eigenvalue weighted by atomic mass is 79.9. The molecule has 0 bridgehead atoms. The molecular weight excluding hydrogens is 272 g/mol. The van der Waals surface area contributed by atoms with Crippen molar-refractivity contribution in [3.05, 3.63) is 46.1 Å². The molecule has 0 aliphatic rings. The van der Waals surface area contributed by atoms with Crippen LogP contribution >= 0.6 is 15.9 Å². The number of aromatic nitrogens is 1. The largest absolute Gasteiger partial charge is 0.361 e. The van der Waals surface area contributed by atoms with E-state index >= 15 is 0 Å². The first-order valence-electron chi connectivity index (χ1n) is 4.70. The minimum absolute atomic E-state index is 0.112. The number of allylic oxidation sites excluding steroid dienone is 1. The Morgan fingerprint density at radius 1 is 1.50 bits per heavy atom. The van der Waals surface area contributed by atoms with Gasteiger partial charge in [-0.25, -0.2) is 0 Å². The molecule has 2 aromatic rings. The van der Waals surface area contributed by atoms with Crippen molar-refractivity contribution >= 4 is 38.6 Å². The number of alkyl halides is 1. The van der Waals surface area contributed by atoms with Crippen LogP contribution in [0.1, 0.15) is 5.56 Å². The average molecular weight is 281 g/mol. The van der Waals surface area contributed by atoms with E-state index in [4.69, 9.17) is 0 Å². The van der Waals surface area contributed by atoms with Crippen molar-refractivity contribution in [2.45, 2.75) is 0 Å². The van der Waals surface area contributed by atoms with Crippen LogP contribution in [0.5, 0.6) is 0 Å². The van der Waals surface area contributed by atoms with E-state index in [1.54, 1.807) is 12.1 Å². The maximum atomic E-state index is 10.7. The fraction of sp³-hybridized carbons (Fsp3) is 0.0909. The van der Waals surface area contributed by atoms with Gasteiger partial charge in [-0.05, 0) is 11.6 Å². The van der Waals surface area contributed by atoms with Crippen LogP contribution in [0.2, 0.25) is 0 Å². The van der Waals surface area contributed by atoms with Crippen molar-refractivity contribution < 1.29 is 4.92 Å². The fourth-order valence-electron chi connectivity index (χ4n) is 1.55. The van der Waals surface area contributed by atoms with E-state index in [0.29, 0.717) is 0 Å². The number of hydrogen-bond donors (Lipinski definition) is 1. The summed E-state index contributed by atoms with van der Waals surface area (Å²) in [6.45, 7) is 0. The molecule has 82 valence electrons. The molecule has 0 radical (unpaired) electrons. The van der Waals surface area contributed by atoms with E-state index in [1.807, 2.05) is 18.3 Å². The van der Waals surface area contributed by atoms with Crippen LogP contribution in [0.3, 0.4) is 0 Å². The lowest BCUT2D eigenvalue weighted by atomic mass is 10.1. The summed E-state index contributed by atoms with van der Waals surface area (Å²) in [4.78, 5) is 13.4. The van der Waals surface area contributed by atoms with Crippen LogP contribution in [0.15, 0.2) is 30.5 Å². The number of benzene rings is 1. The van der Waals surface area contributed by atoms with Gasteiger partial charge in [0.1, 0.15) is 0 Å². The second-order valence-electron chi connectivity index (χ2n) is 3.29. The van der Waals surface area contributed by atoms with Gasteiger partial charge in [0.05, 0.1) is 4.92 Å². The van der Waals surface area contributed by atoms with E-state index in [-0.39, 0.29) is 10.6 Å². The number of fused-ring (bicyclic) bond motifs is 1. The molecule has 0 saturated heterocycles. The summed E-state index contributed by atoms with van der Waals surface area (Å²) in [5, 5.41) is 12.3. The zero-order valence-electron chi connectivity index (χ0n) is 8.31. The minimum Gasteiger partial charge on any atom is -0.361 e. The lowest BCUT2D eigenvalue weighted by Crippen LogP contribution is -1.86. The Hall–Kier alpha value is -1.62. The Kier molecular flexibility index (Phi) is 3.05. The molecule has 1 aromatic carbocycles. The molecule has 1 N–H and O–H groups in total. The highest BCUT2D eigenvalue weighted by molar-refractivity contribution is 9.09. The van der Waals surface area contributed by atoms with Gasteiger partial charge in [0, 0.05) is 34.6 Å². The monoisotopic (exact) mass is 280 g/mol. The van der Waals surface area contributed by atoms with Crippen molar-refractivity contribution in [1.82, 2.24) is 4.98 Å². The van der Waals surface area contributed by atoms with E-state index < -0.39 is 0 Å². The van der Waals surface area contributed by atoms with Gasteiger partial charge in [-0.2, -0.15) is 0 Å². The van der Waals surface area contributed by atoms with E-state index in [9.17, 15) is 10.1 Å². The minimum atomic E-state index is -0.385. The van der Waals surface area contributed by atoms with Crippen LogP contribution in [-0.4, -0.2) is 15.2 Å². The molecule has 4 nitrogen and oxygen atoms in total. The molecule has 0 spiro atoms. The number of hydrogen-bond acceptors (Lipinski definition) is 2. The highest BCUT2D eigenvalue weighted by Gasteiger charge is 2.08. The maximum Gasteiger partial charge on any atom is 0.270 e. The summed E-state index contributed by atoms with van der Waals surface area (Å²) < 4.78 is 0. The molecule has 0 atom stereocenters. The second-order valence-corrected chi connectivity index (χ2v) is 3.94. The third-order valence-corrected chi connectivity index (χ3v) is 2.67. The normalized spacial score (nSPS) is 11.3. The molecule has 0 unspecified atom stereocenters. The fourth-order valence-corrected chi connectivity index (χ4v) is 1.74. The molecule has 1 heterocycles. The van der Waals surface area contributed by atoms with Crippen molar-refractivity contribution in [2.24, 2.45) is 0 Å². The molecule has 5 heteroatoms. The SMILES string of the molecule is O=[N+]([O-])c1ccc2[nH]cc(C=CCBr)c2c1. The van der Waals surface area contributed by atoms with Gasteiger partial charge in [-0.3, -0.25) is 10.1 Å². The van der Waals surface area contributed by atoms with Crippen molar-refractivity contribution in [3.8, 4) is 0 Å². The Labute approximate surface area is 100 Å². The zero-order valence-corrected chi connectivity index (χ0v) is 9.90. The van der Waals surface area contributed by atoms with E-state index in [0.717, 1.165) is 21.8 Å². The molecule has 2 rings (SSSR count). The lowest BCUT2D eigenvalue weighted by Gasteiger charge is -1.93. The van der Waals surface area contributed by atoms with Crippen molar-refractivity contribution in [1.29, 1.82) is 0 Å². The first-order valence-corrected chi connectivity index (χ1v) is 5.82. The predicted molar refractivity (Wildman–Crippen MR) is 67.8 cm³/mol. The van der Waals surface area contributed by atoms with Gasteiger partial charge in [0.25, 0.3) is 5.69 Å². The van der Waals surface area contributed by atoms with Gasteiger partial charge in [-0.1, -0.05) is 28.1 Å². The number of non-ortho nitro benzene ring substituents is 1. The molecule has 0 aliphatic heterocycles. The van der Waals surface area contributed by atoms with Crippen molar-refractivity contribution in [2.75, 3.05) is 5.33 Å². The second kappa shape index (κ2) is 4.49. The van der Waals surface area contributed by atoms with E-state index in [2.05, 4.69) is 20.9 Å². The van der Waals surface area contributed by atoms with Gasteiger partial charge in [0.15, 0.2) is 0 Å². The number of aromatic amines is 1. The molecule has 16 heavy (non-hydrogen) atoms. The van der Waals surface area contributed by atoms with Gasteiger partial charge >= 0.3 is 0 Å². The summed E-state index contributed by atoms with van der Waals surface area (Å²) >= 11 is 3.29. The first-order chi connectivity index (χ1) is 7.72. The van der Waals surface area contributed by atoms with Crippen LogP contribution in [0, 0.1) is 10.1 Å². The van der Waals surface area contributed by atoms with Crippen LogP contribution in [0.4, 0.5) is 5.69 Å². The van der Waals surface area contributed by atoms with E-state index in [1.165, 1.54) is 6.07 Å². The summed E-state index contributed by atoms with van der Waals surface area (Å²) in [5.41, 5.74) is 1.97. The summed E-state index contributed by atoms with van der Waals surface area (Å²) in [6.07, 6.45) is 5.71. The Morgan fingerprint density at radius 2 is 2.31 bits per heavy atom. The molecule has 1 aromatic heterocycles. The van der Waals surface area contributed by atoms with Crippen LogP contribution in [0.25, 0.3) is 17.0 Å². The summed E-state index contributed by atoms with van der Waals surface area (Å²) in [5.74, 6) is 0. The first kappa shape index (κ1) is 10.9. The molecular formula is C11H9BrN2O2. The number of halogens is 1. The average Bonchev–Trinajstić information content (AvgIpc) is 2.68.